The summed E-state index contributed by atoms with van der Waals surface area (Å²) in [5.74, 6) is 1.85. The number of furan rings is 1. The van der Waals surface area contributed by atoms with Gasteiger partial charge in [0.2, 0.25) is 18.6 Å². The number of rotatable bonds is 12. The van der Waals surface area contributed by atoms with Crippen molar-refractivity contribution in [3.05, 3.63) is 47.9 Å². The second-order valence-corrected chi connectivity index (χ2v) is 7.24. The molecule has 1 aliphatic rings. The number of amides is 2. The van der Waals surface area contributed by atoms with E-state index in [1.165, 1.54) is 0 Å². The van der Waals surface area contributed by atoms with Crippen molar-refractivity contribution in [2.75, 3.05) is 33.1 Å². The molecule has 8 heteroatoms. The van der Waals surface area contributed by atoms with E-state index in [4.69, 9.17) is 18.6 Å². The molecular weight excluding hydrogens is 400 g/mol. The average Bonchev–Trinajstić information content (AvgIpc) is 3.46. The summed E-state index contributed by atoms with van der Waals surface area (Å²) in [7, 11) is 0. The lowest BCUT2D eigenvalue weighted by Crippen LogP contribution is -2.42. The van der Waals surface area contributed by atoms with Crippen LogP contribution in [0.1, 0.15) is 38.0 Å². The quantitative estimate of drug-likeness (QED) is 0.481. The van der Waals surface area contributed by atoms with Gasteiger partial charge in [0.25, 0.3) is 0 Å². The third kappa shape index (κ3) is 6.49. The van der Waals surface area contributed by atoms with Crippen LogP contribution in [-0.4, -0.2) is 54.7 Å². The molecule has 1 aliphatic heterocycles. The monoisotopic (exact) mass is 430 g/mol. The molecule has 31 heavy (non-hydrogen) atoms. The fourth-order valence-electron chi connectivity index (χ4n) is 3.36. The molecular formula is C23H30N2O6. The van der Waals surface area contributed by atoms with E-state index in [1.54, 1.807) is 29.1 Å². The smallest absolute Gasteiger partial charge is 0.242 e. The van der Waals surface area contributed by atoms with Gasteiger partial charge in [-0.05, 0) is 43.2 Å². The summed E-state index contributed by atoms with van der Waals surface area (Å²) in [5.41, 5.74) is 0.911. The number of hydrogen-bond acceptors (Lipinski definition) is 6. The van der Waals surface area contributed by atoms with Crippen LogP contribution in [0.5, 0.6) is 11.5 Å². The predicted octanol–water partition coefficient (Wildman–Crippen LogP) is 3.20. The van der Waals surface area contributed by atoms with Gasteiger partial charge in [0.05, 0.1) is 19.4 Å². The van der Waals surface area contributed by atoms with Crippen LogP contribution in [0.2, 0.25) is 0 Å². The van der Waals surface area contributed by atoms with Gasteiger partial charge >= 0.3 is 0 Å². The maximum atomic E-state index is 13.2. The molecule has 0 radical (unpaired) electrons. The van der Waals surface area contributed by atoms with Crippen LogP contribution in [0, 0.1) is 0 Å². The first kappa shape index (κ1) is 22.7. The molecule has 0 saturated carbocycles. The Kier molecular flexibility index (Phi) is 8.35. The average molecular weight is 431 g/mol. The van der Waals surface area contributed by atoms with Crippen molar-refractivity contribution in [3.63, 3.8) is 0 Å². The molecule has 168 valence electrons. The van der Waals surface area contributed by atoms with Crippen molar-refractivity contribution < 1.29 is 28.2 Å². The Labute approximate surface area is 182 Å². The molecule has 3 rings (SSSR count). The largest absolute Gasteiger partial charge is 0.467 e. The van der Waals surface area contributed by atoms with Crippen LogP contribution in [-0.2, 0) is 27.4 Å². The van der Waals surface area contributed by atoms with E-state index in [0.29, 0.717) is 62.9 Å². The minimum Gasteiger partial charge on any atom is -0.467 e. The molecule has 1 aromatic heterocycles. The van der Waals surface area contributed by atoms with Gasteiger partial charge in [-0.25, -0.2) is 0 Å². The molecule has 0 spiro atoms. The molecule has 0 bridgehead atoms. The van der Waals surface area contributed by atoms with E-state index in [1.807, 2.05) is 31.2 Å². The SMILES string of the molecule is CCOCCCN(CC(=O)N(Cc1ccc2c(c1)OCO2)Cc1ccco1)C(=O)CC. The minimum atomic E-state index is -0.146. The molecule has 0 N–H and O–H groups in total. The van der Waals surface area contributed by atoms with Crippen LogP contribution >= 0.6 is 0 Å². The van der Waals surface area contributed by atoms with Crippen molar-refractivity contribution in [3.8, 4) is 11.5 Å². The Balaban J connectivity index is 1.70. The number of ether oxygens (including phenoxy) is 3. The number of nitrogens with zero attached hydrogens (tertiary/aromatic N) is 2. The lowest BCUT2D eigenvalue weighted by Gasteiger charge is -2.27. The van der Waals surface area contributed by atoms with E-state index < -0.39 is 0 Å². The highest BCUT2D eigenvalue weighted by atomic mass is 16.7. The van der Waals surface area contributed by atoms with Gasteiger partial charge in [0, 0.05) is 32.7 Å². The Hall–Kier alpha value is -3.00. The lowest BCUT2D eigenvalue weighted by molar-refractivity contribution is -0.141. The summed E-state index contributed by atoms with van der Waals surface area (Å²) >= 11 is 0. The third-order valence-corrected chi connectivity index (χ3v) is 4.99. The van der Waals surface area contributed by atoms with Crippen LogP contribution in [0.4, 0.5) is 0 Å². The standard InChI is InChI=1S/C23H30N2O6/c1-3-22(26)24(10-6-11-28-4-2)16-23(27)25(15-19-7-5-12-29-19)14-18-8-9-20-21(13-18)31-17-30-20/h5,7-9,12-13H,3-4,6,10-11,14-17H2,1-2H3. The van der Waals surface area contributed by atoms with E-state index in [9.17, 15) is 9.59 Å². The molecule has 2 aromatic rings. The fourth-order valence-corrected chi connectivity index (χ4v) is 3.36. The van der Waals surface area contributed by atoms with Gasteiger partial charge in [0.15, 0.2) is 11.5 Å². The zero-order valence-corrected chi connectivity index (χ0v) is 18.2. The minimum absolute atomic E-state index is 0.0179. The molecule has 0 unspecified atom stereocenters. The second-order valence-electron chi connectivity index (χ2n) is 7.24. The molecule has 2 heterocycles. The van der Waals surface area contributed by atoms with Crippen LogP contribution in [0.15, 0.2) is 41.0 Å². The van der Waals surface area contributed by atoms with Crippen LogP contribution in [0.3, 0.4) is 0 Å². The van der Waals surface area contributed by atoms with E-state index in [0.717, 1.165) is 5.56 Å². The second kappa shape index (κ2) is 11.4. The first-order valence-electron chi connectivity index (χ1n) is 10.6. The maximum Gasteiger partial charge on any atom is 0.242 e. The van der Waals surface area contributed by atoms with E-state index in [-0.39, 0.29) is 25.2 Å². The summed E-state index contributed by atoms with van der Waals surface area (Å²) in [4.78, 5) is 28.9. The van der Waals surface area contributed by atoms with Gasteiger partial charge in [-0.1, -0.05) is 13.0 Å². The highest BCUT2D eigenvalue weighted by Gasteiger charge is 2.22. The summed E-state index contributed by atoms with van der Waals surface area (Å²) in [5, 5.41) is 0. The number of hydrogen-bond donors (Lipinski definition) is 0. The third-order valence-electron chi connectivity index (χ3n) is 4.99. The predicted molar refractivity (Wildman–Crippen MR) is 114 cm³/mol. The molecule has 8 nitrogen and oxygen atoms in total. The molecule has 0 atom stereocenters. The highest BCUT2D eigenvalue weighted by molar-refractivity contribution is 5.84. The van der Waals surface area contributed by atoms with E-state index in [2.05, 4.69) is 0 Å². The number of carbonyl (C=O) groups excluding carboxylic acids is 2. The molecule has 1 aromatic carbocycles. The van der Waals surface area contributed by atoms with Crippen molar-refractivity contribution in [2.24, 2.45) is 0 Å². The van der Waals surface area contributed by atoms with Crippen molar-refractivity contribution in [1.29, 1.82) is 0 Å². The summed E-state index contributed by atoms with van der Waals surface area (Å²) in [6, 6.07) is 9.25. The Morgan fingerprint density at radius 2 is 1.87 bits per heavy atom. The fraction of sp³-hybridized carbons (Fsp3) is 0.478. The van der Waals surface area contributed by atoms with Crippen molar-refractivity contribution >= 4 is 11.8 Å². The zero-order chi connectivity index (χ0) is 22.1. The normalized spacial score (nSPS) is 12.1. The molecule has 0 fully saturated rings. The van der Waals surface area contributed by atoms with Crippen molar-refractivity contribution in [1.82, 2.24) is 9.80 Å². The summed E-state index contributed by atoms with van der Waals surface area (Å²) < 4.78 is 21.6. The molecule has 0 saturated heterocycles. The number of benzene rings is 1. The summed E-state index contributed by atoms with van der Waals surface area (Å²) in [6.45, 7) is 6.30. The Morgan fingerprint density at radius 3 is 2.61 bits per heavy atom. The highest BCUT2D eigenvalue weighted by Crippen LogP contribution is 2.33. The summed E-state index contributed by atoms with van der Waals surface area (Å²) in [6.07, 6.45) is 2.62. The van der Waals surface area contributed by atoms with Gasteiger partial charge in [-0.15, -0.1) is 0 Å². The lowest BCUT2D eigenvalue weighted by atomic mass is 10.1. The number of carbonyl (C=O) groups is 2. The Bertz CT molecular complexity index is 852. The Morgan fingerprint density at radius 1 is 1.03 bits per heavy atom. The van der Waals surface area contributed by atoms with Crippen molar-refractivity contribution in [2.45, 2.75) is 39.8 Å². The van der Waals surface area contributed by atoms with Crippen LogP contribution < -0.4 is 9.47 Å². The topological polar surface area (TPSA) is 81.5 Å². The number of fused-ring (bicyclic) bond motifs is 1. The van der Waals surface area contributed by atoms with Gasteiger partial charge < -0.3 is 28.4 Å². The first-order valence-corrected chi connectivity index (χ1v) is 10.6. The zero-order valence-electron chi connectivity index (χ0n) is 18.2. The van der Waals surface area contributed by atoms with Gasteiger partial charge in [0.1, 0.15) is 5.76 Å². The van der Waals surface area contributed by atoms with Gasteiger partial charge in [-0.2, -0.15) is 0 Å². The molecule has 0 aliphatic carbocycles. The van der Waals surface area contributed by atoms with Crippen LogP contribution in [0.25, 0.3) is 0 Å². The molecule has 2 amide bonds. The van der Waals surface area contributed by atoms with E-state index >= 15 is 0 Å². The van der Waals surface area contributed by atoms with Gasteiger partial charge in [-0.3, -0.25) is 9.59 Å². The maximum absolute atomic E-state index is 13.2. The first-order chi connectivity index (χ1) is 15.1.